The fourth-order valence-corrected chi connectivity index (χ4v) is 5.26. The number of fused-ring (bicyclic) bond motifs is 1. The van der Waals surface area contributed by atoms with Crippen molar-refractivity contribution < 1.29 is 18.7 Å². The van der Waals surface area contributed by atoms with E-state index in [4.69, 9.17) is 21.3 Å². The quantitative estimate of drug-likeness (QED) is 0.226. The molecule has 1 atom stereocenters. The number of halogens is 3. The van der Waals surface area contributed by atoms with Crippen LogP contribution in [0.5, 0.6) is 0 Å². The van der Waals surface area contributed by atoms with Gasteiger partial charge in [0.05, 0.1) is 16.8 Å². The van der Waals surface area contributed by atoms with E-state index in [1.54, 1.807) is 20.8 Å². The van der Waals surface area contributed by atoms with Crippen LogP contribution in [0.1, 0.15) is 49.2 Å². The van der Waals surface area contributed by atoms with Gasteiger partial charge in [0.25, 0.3) is 5.91 Å². The number of amides is 1. The monoisotopic (exact) mass is 610 g/mol. The summed E-state index contributed by atoms with van der Waals surface area (Å²) >= 11 is 9.89. The zero-order valence-corrected chi connectivity index (χ0v) is 24.7. The van der Waals surface area contributed by atoms with Gasteiger partial charge >= 0.3 is 5.97 Å². The normalized spacial score (nSPS) is 13.1. The Labute approximate surface area is 240 Å². The van der Waals surface area contributed by atoms with Crippen LogP contribution in [0.25, 0.3) is 22.2 Å². The van der Waals surface area contributed by atoms with Gasteiger partial charge in [-0.1, -0.05) is 63.9 Å². The molecule has 0 aliphatic heterocycles. The number of ether oxygens (including phenoxy) is 1. The lowest BCUT2D eigenvalue weighted by Crippen LogP contribution is -2.48. The van der Waals surface area contributed by atoms with E-state index in [1.807, 2.05) is 55.5 Å². The van der Waals surface area contributed by atoms with Crippen molar-refractivity contribution in [3.05, 3.63) is 98.7 Å². The first-order valence-electron chi connectivity index (χ1n) is 12.4. The van der Waals surface area contributed by atoms with Crippen molar-refractivity contribution in [1.29, 1.82) is 0 Å². The maximum atomic E-state index is 15.1. The van der Waals surface area contributed by atoms with E-state index in [0.29, 0.717) is 27.7 Å². The molecule has 39 heavy (non-hydrogen) atoms. The first kappa shape index (κ1) is 28.7. The van der Waals surface area contributed by atoms with Crippen LogP contribution in [0.2, 0.25) is 5.02 Å². The molecule has 5 nitrogen and oxygen atoms in total. The van der Waals surface area contributed by atoms with Gasteiger partial charge in [-0.3, -0.25) is 9.59 Å². The summed E-state index contributed by atoms with van der Waals surface area (Å²) in [5, 5.41) is 3.59. The molecule has 4 rings (SSSR count). The fourth-order valence-electron chi connectivity index (χ4n) is 4.52. The van der Waals surface area contributed by atoms with Crippen LogP contribution in [-0.2, 0) is 14.9 Å². The molecule has 3 aromatic carbocycles. The summed E-state index contributed by atoms with van der Waals surface area (Å²) in [4.78, 5) is 32.2. The Hall–Kier alpha value is -3.29. The van der Waals surface area contributed by atoms with Crippen molar-refractivity contribution in [2.24, 2.45) is 0 Å². The molecule has 0 saturated carbocycles. The second-order valence-electron chi connectivity index (χ2n) is 10.6. The highest BCUT2D eigenvalue weighted by Gasteiger charge is 2.43. The molecule has 1 N–H and O–H groups in total. The average Bonchev–Trinajstić information content (AvgIpc) is 2.86. The largest absolute Gasteiger partial charge is 0.459 e. The number of carbonyl (C=O) groups excluding carboxylic acids is 2. The smallest absolute Gasteiger partial charge is 0.318 e. The zero-order chi connectivity index (χ0) is 28.5. The third-order valence-corrected chi connectivity index (χ3v) is 7.24. The lowest BCUT2D eigenvalue weighted by molar-refractivity contribution is -0.161. The van der Waals surface area contributed by atoms with E-state index >= 15 is 4.39 Å². The topological polar surface area (TPSA) is 68.3 Å². The van der Waals surface area contributed by atoms with Crippen molar-refractivity contribution in [3.63, 3.8) is 0 Å². The Balaban J connectivity index is 1.81. The second kappa shape index (κ2) is 11.1. The molecule has 1 heterocycles. The van der Waals surface area contributed by atoms with Gasteiger partial charge in [0.15, 0.2) is 0 Å². The van der Waals surface area contributed by atoms with Gasteiger partial charge in [0, 0.05) is 32.6 Å². The molecule has 0 aliphatic carbocycles. The van der Waals surface area contributed by atoms with Crippen molar-refractivity contribution in [2.45, 2.75) is 45.6 Å². The number of carbonyl (C=O) groups is 2. The van der Waals surface area contributed by atoms with E-state index in [9.17, 15) is 9.59 Å². The molecular formula is C31H29BrClFN2O3. The molecular weight excluding hydrogens is 583 g/mol. The van der Waals surface area contributed by atoms with Crippen LogP contribution in [-0.4, -0.2) is 29.0 Å². The van der Waals surface area contributed by atoms with E-state index < -0.39 is 28.7 Å². The number of pyridine rings is 1. The number of rotatable bonds is 6. The van der Waals surface area contributed by atoms with Gasteiger partial charge in [-0.2, -0.15) is 0 Å². The van der Waals surface area contributed by atoms with E-state index in [2.05, 4.69) is 21.2 Å². The van der Waals surface area contributed by atoms with E-state index in [-0.39, 0.29) is 17.1 Å². The highest BCUT2D eigenvalue weighted by molar-refractivity contribution is 9.10. The Morgan fingerprint density at radius 2 is 1.72 bits per heavy atom. The van der Waals surface area contributed by atoms with Gasteiger partial charge in [-0.05, 0) is 70.5 Å². The maximum Gasteiger partial charge on any atom is 0.318 e. The number of nitrogens with zero attached hydrogens (tertiary/aromatic N) is 1. The number of hydrogen-bond donors (Lipinski definition) is 1. The molecule has 0 aliphatic rings. The first-order valence-corrected chi connectivity index (χ1v) is 13.6. The minimum absolute atomic E-state index is 0.0368. The molecule has 1 unspecified atom stereocenters. The van der Waals surface area contributed by atoms with Crippen LogP contribution < -0.4 is 5.32 Å². The minimum Gasteiger partial charge on any atom is -0.459 e. The summed E-state index contributed by atoms with van der Waals surface area (Å²) in [6.07, 6.45) is 0. The van der Waals surface area contributed by atoms with Gasteiger partial charge in [0.1, 0.15) is 16.8 Å². The number of aromatic nitrogens is 1. The summed E-state index contributed by atoms with van der Waals surface area (Å²) in [5.74, 6) is -1.80. The molecule has 1 amide bonds. The summed E-state index contributed by atoms with van der Waals surface area (Å²) in [7, 11) is 0. The average molecular weight is 612 g/mol. The fraction of sp³-hybridized carbons (Fsp3) is 0.258. The Kier molecular flexibility index (Phi) is 8.14. The van der Waals surface area contributed by atoms with Crippen molar-refractivity contribution >= 4 is 50.3 Å². The maximum absolute atomic E-state index is 15.1. The molecule has 1 aromatic heterocycles. The molecule has 0 fully saturated rings. The summed E-state index contributed by atoms with van der Waals surface area (Å²) in [5.41, 5.74) is 0.775. The number of esters is 1. The van der Waals surface area contributed by atoms with Gasteiger partial charge in [-0.15, -0.1) is 0 Å². The summed E-state index contributed by atoms with van der Waals surface area (Å²) in [6.45, 7) is 8.28. The number of hydrogen-bond acceptors (Lipinski definition) is 4. The van der Waals surface area contributed by atoms with Gasteiger partial charge in [-0.25, -0.2) is 9.37 Å². The first-order chi connectivity index (χ1) is 18.3. The molecule has 8 heteroatoms. The molecule has 4 aromatic rings. The molecule has 202 valence electrons. The predicted octanol–water partition coefficient (Wildman–Crippen LogP) is 7.79. The second-order valence-corrected chi connectivity index (χ2v) is 11.9. The molecule has 0 spiro atoms. The van der Waals surface area contributed by atoms with Crippen LogP contribution in [0.4, 0.5) is 4.39 Å². The molecule has 0 bridgehead atoms. The molecule has 0 saturated heterocycles. The highest BCUT2D eigenvalue weighted by Crippen LogP contribution is 2.36. The van der Waals surface area contributed by atoms with Crippen LogP contribution in [0, 0.1) is 12.7 Å². The Morgan fingerprint density at radius 3 is 2.36 bits per heavy atom. The summed E-state index contributed by atoms with van der Waals surface area (Å²) in [6, 6.07) is 19.3. The molecule has 0 radical (unpaired) electrons. The van der Waals surface area contributed by atoms with Crippen molar-refractivity contribution in [3.8, 4) is 11.3 Å². The van der Waals surface area contributed by atoms with Gasteiger partial charge in [0.2, 0.25) is 0 Å². The predicted molar refractivity (Wildman–Crippen MR) is 157 cm³/mol. The van der Waals surface area contributed by atoms with Crippen LogP contribution in [0.3, 0.4) is 0 Å². The zero-order valence-electron chi connectivity index (χ0n) is 22.4. The Morgan fingerprint density at radius 1 is 1.03 bits per heavy atom. The van der Waals surface area contributed by atoms with E-state index in [0.717, 1.165) is 10.0 Å². The third-order valence-electron chi connectivity index (χ3n) is 6.43. The number of nitrogens with one attached hydrogen (secondary N) is 1. The third kappa shape index (κ3) is 5.99. The van der Waals surface area contributed by atoms with Crippen molar-refractivity contribution in [2.75, 3.05) is 6.54 Å². The van der Waals surface area contributed by atoms with Crippen LogP contribution >= 0.6 is 27.5 Å². The SMILES string of the molecule is Cc1c(-c2ccccc2)nc2ccc(Br)cc2c1C(=O)NCC(C)(C(=O)OC(C)(C)C)c1c(F)cccc1Cl. The van der Waals surface area contributed by atoms with Gasteiger partial charge < -0.3 is 10.1 Å². The number of benzene rings is 3. The van der Waals surface area contributed by atoms with Crippen molar-refractivity contribution in [1.82, 2.24) is 10.3 Å². The summed E-state index contributed by atoms with van der Waals surface area (Å²) < 4.78 is 21.6. The van der Waals surface area contributed by atoms with Crippen LogP contribution in [0.15, 0.2) is 71.2 Å². The standard InChI is InChI=1S/C31H29BrClFN2O3/c1-18-25(21-16-20(32)14-15-24(21)36-27(18)19-10-7-6-8-11-19)28(37)35-17-31(5,29(38)39-30(2,3)4)26-22(33)12-9-13-23(26)34/h6-16H,17H2,1-5H3,(H,35,37). The lowest BCUT2D eigenvalue weighted by Gasteiger charge is -2.33. The Bertz CT molecular complexity index is 1550. The highest BCUT2D eigenvalue weighted by atomic mass is 79.9. The minimum atomic E-state index is -1.61. The lowest BCUT2D eigenvalue weighted by atomic mass is 9.81. The van der Waals surface area contributed by atoms with E-state index in [1.165, 1.54) is 25.1 Å².